The monoisotopic (exact) mass is 373 g/mol. The molecule has 3 rings (SSSR count). The number of aromatic nitrogens is 2. The van der Waals surface area contributed by atoms with E-state index in [9.17, 15) is 9.59 Å². The van der Waals surface area contributed by atoms with Gasteiger partial charge in [-0.25, -0.2) is 9.97 Å². The second kappa shape index (κ2) is 7.82. The van der Waals surface area contributed by atoms with Gasteiger partial charge in [0.15, 0.2) is 0 Å². The molecule has 0 spiro atoms. The van der Waals surface area contributed by atoms with E-state index < -0.39 is 0 Å². The Bertz CT molecular complexity index is 762. The minimum atomic E-state index is -0.0449. The predicted octanol–water partition coefficient (Wildman–Crippen LogP) is 2.40. The maximum Gasteiger partial charge on any atom is 0.255 e. The molecule has 2 atom stereocenters. The molecule has 138 valence electrons. The van der Waals surface area contributed by atoms with Crippen LogP contribution in [0, 0.1) is 0 Å². The summed E-state index contributed by atoms with van der Waals surface area (Å²) in [4.78, 5) is 36.3. The first-order valence-electron chi connectivity index (χ1n) is 8.60. The van der Waals surface area contributed by atoms with Crippen molar-refractivity contribution in [3.63, 3.8) is 0 Å². The maximum atomic E-state index is 12.7. The van der Waals surface area contributed by atoms with Crippen molar-refractivity contribution >= 4 is 29.0 Å². The van der Waals surface area contributed by atoms with Gasteiger partial charge >= 0.3 is 0 Å². The lowest BCUT2D eigenvalue weighted by Crippen LogP contribution is -2.38. The van der Waals surface area contributed by atoms with Gasteiger partial charge in [0.25, 0.3) is 5.91 Å². The Morgan fingerprint density at radius 3 is 2.81 bits per heavy atom. The summed E-state index contributed by atoms with van der Waals surface area (Å²) in [7, 11) is 1.78. The van der Waals surface area contributed by atoms with Crippen molar-refractivity contribution in [2.75, 3.05) is 25.5 Å². The van der Waals surface area contributed by atoms with Crippen molar-refractivity contribution in [1.82, 2.24) is 19.8 Å². The van der Waals surface area contributed by atoms with Crippen LogP contribution >= 0.6 is 11.3 Å². The van der Waals surface area contributed by atoms with Gasteiger partial charge in [-0.2, -0.15) is 0 Å². The highest BCUT2D eigenvalue weighted by atomic mass is 32.1. The van der Waals surface area contributed by atoms with Crippen LogP contribution in [0.1, 0.15) is 41.7 Å². The van der Waals surface area contributed by atoms with Crippen LogP contribution in [0.15, 0.2) is 29.9 Å². The van der Waals surface area contributed by atoms with Crippen LogP contribution in [-0.2, 0) is 4.79 Å². The number of nitrogens with one attached hydrogen (secondary N) is 1. The lowest BCUT2D eigenvalue weighted by atomic mass is 10.2. The lowest BCUT2D eigenvalue weighted by molar-refractivity contribution is -0.129. The molecule has 1 N–H and O–H groups in total. The van der Waals surface area contributed by atoms with Crippen LogP contribution in [-0.4, -0.2) is 57.8 Å². The normalized spacial score (nSPS) is 17.8. The van der Waals surface area contributed by atoms with Gasteiger partial charge in [0.2, 0.25) is 5.91 Å². The van der Waals surface area contributed by atoms with E-state index in [1.165, 1.54) is 0 Å². The van der Waals surface area contributed by atoms with Crippen LogP contribution in [0.2, 0.25) is 0 Å². The van der Waals surface area contributed by atoms with Crippen molar-refractivity contribution in [3.05, 3.63) is 40.5 Å². The molecule has 2 aromatic rings. The van der Waals surface area contributed by atoms with Crippen LogP contribution in [0.3, 0.4) is 0 Å². The zero-order valence-corrected chi connectivity index (χ0v) is 16.0. The van der Waals surface area contributed by atoms with E-state index in [1.807, 2.05) is 18.4 Å². The summed E-state index contributed by atoms with van der Waals surface area (Å²) < 4.78 is 0. The summed E-state index contributed by atoms with van der Waals surface area (Å²) in [6.45, 7) is 4.79. The topological polar surface area (TPSA) is 78.4 Å². The highest BCUT2D eigenvalue weighted by Crippen LogP contribution is 2.21. The van der Waals surface area contributed by atoms with E-state index in [0.717, 1.165) is 11.4 Å². The van der Waals surface area contributed by atoms with E-state index >= 15 is 0 Å². The van der Waals surface area contributed by atoms with Crippen LogP contribution < -0.4 is 5.32 Å². The van der Waals surface area contributed by atoms with Crippen LogP contribution in [0.25, 0.3) is 0 Å². The Hall–Kier alpha value is -2.48. The van der Waals surface area contributed by atoms with Gasteiger partial charge in [-0.1, -0.05) is 0 Å². The highest BCUT2D eigenvalue weighted by Gasteiger charge is 2.30. The largest absolute Gasteiger partial charge is 0.361 e. The first-order valence-corrected chi connectivity index (χ1v) is 9.48. The molecule has 1 saturated heterocycles. The van der Waals surface area contributed by atoms with Crippen molar-refractivity contribution in [3.8, 4) is 0 Å². The van der Waals surface area contributed by atoms with E-state index in [4.69, 9.17) is 0 Å². The number of carbonyl (C=O) groups is 2. The van der Waals surface area contributed by atoms with Gasteiger partial charge in [-0.3, -0.25) is 9.59 Å². The van der Waals surface area contributed by atoms with Gasteiger partial charge in [-0.05, 0) is 25.5 Å². The van der Waals surface area contributed by atoms with Crippen molar-refractivity contribution < 1.29 is 9.59 Å². The van der Waals surface area contributed by atoms with Gasteiger partial charge in [0, 0.05) is 44.8 Å². The fourth-order valence-corrected chi connectivity index (χ4v) is 3.67. The molecular formula is C18H23N5O2S. The minimum absolute atomic E-state index is 0.0238. The molecule has 2 aromatic heterocycles. The molecule has 1 aliphatic rings. The Balaban J connectivity index is 1.60. The standard InChI is InChI=1S/C18H23N5O2S/c1-12(17-19-7-9-26-17)21-16-5-4-14(10-20-16)18(25)23-8-6-15(11-23)22(3)13(2)24/h4-5,7,9-10,12,15H,6,8,11H2,1-3H3,(H,20,21)/t12?,15-/m0/s1. The number of nitrogens with zero attached hydrogens (tertiary/aromatic N) is 4. The third kappa shape index (κ3) is 4.01. The molecule has 0 radical (unpaired) electrons. The number of anilines is 1. The molecule has 1 fully saturated rings. The first kappa shape index (κ1) is 18.3. The van der Waals surface area contributed by atoms with Gasteiger partial charge < -0.3 is 15.1 Å². The number of hydrogen-bond acceptors (Lipinski definition) is 6. The summed E-state index contributed by atoms with van der Waals surface area (Å²) in [6.07, 6.45) is 4.18. The average molecular weight is 373 g/mol. The van der Waals surface area contributed by atoms with Crippen molar-refractivity contribution in [2.45, 2.75) is 32.4 Å². The molecule has 0 saturated carbocycles. The Labute approximate surface area is 157 Å². The molecule has 7 nitrogen and oxygen atoms in total. The summed E-state index contributed by atoms with van der Waals surface area (Å²) in [5.74, 6) is 0.687. The third-order valence-corrected chi connectivity index (χ3v) is 5.65. The molecule has 3 heterocycles. The zero-order valence-electron chi connectivity index (χ0n) is 15.2. The minimum Gasteiger partial charge on any atom is -0.361 e. The predicted molar refractivity (Wildman–Crippen MR) is 101 cm³/mol. The van der Waals surface area contributed by atoms with E-state index in [2.05, 4.69) is 15.3 Å². The average Bonchev–Trinajstić information content (AvgIpc) is 3.33. The molecule has 0 bridgehead atoms. The highest BCUT2D eigenvalue weighted by molar-refractivity contribution is 7.09. The molecule has 26 heavy (non-hydrogen) atoms. The lowest BCUT2D eigenvalue weighted by Gasteiger charge is -2.23. The molecule has 0 aromatic carbocycles. The summed E-state index contributed by atoms with van der Waals surface area (Å²) in [6, 6.07) is 3.75. The number of amides is 2. The number of hydrogen-bond donors (Lipinski definition) is 1. The van der Waals surface area contributed by atoms with Gasteiger partial charge in [0.1, 0.15) is 10.8 Å². The van der Waals surface area contributed by atoms with Crippen molar-refractivity contribution in [2.24, 2.45) is 0 Å². The van der Waals surface area contributed by atoms with E-state index in [0.29, 0.717) is 24.5 Å². The molecule has 0 aliphatic carbocycles. The number of carbonyl (C=O) groups excluding carboxylic acids is 2. The second-order valence-electron chi connectivity index (χ2n) is 6.49. The number of likely N-dealkylation sites (N-methyl/N-ethyl adjacent to an activating group) is 1. The zero-order chi connectivity index (χ0) is 18.7. The van der Waals surface area contributed by atoms with Crippen LogP contribution in [0.5, 0.6) is 0 Å². The number of thiazole rings is 1. The fourth-order valence-electron chi connectivity index (χ4n) is 3.02. The number of rotatable bonds is 5. The van der Waals surface area contributed by atoms with E-state index in [1.54, 1.807) is 53.6 Å². The third-order valence-electron chi connectivity index (χ3n) is 4.69. The van der Waals surface area contributed by atoms with E-state index in [-0.39, 0.29) is 23.9 Å². The molecule has 1 unspecified atom stereocenters. The number of pyridine rings is 1. The van der Waals surface area contributed by atoms with Gasteiger partial charge in [0.05, 0.1) is 17.6 Å². The summed E-state index contributed by atoms with van der Waals surface area (Å²) in [5, 5.41) is 6.21. The SMILES string of the molecule is CC(=O)N(C)[C@H]1CCN(C(=O)c2ccc(NC(C)c3nccs3)nc2)C1. The number of likely N-dealkylation sites (tertiary alicyclic amines) is 1. The molecular weight excluding hydrogens is 350 g/mol. The maximum absolute atomic E-state index is 12.7. The fraction of sp³-hybridized carbons (Fsp3) is 0.444. The summed E-state index contributed by atoms with van der Waals surface area (Å²) in [5.41, 5.74) is 0.559. The quantitative estimate of drug-likeness (QED) is 0.871. The summed E-state index contributed by atoms with van der Waals surface area (Å²) >= 11 is 1.59. The van der Waals surface area contributed by atoms with Gasteiger partial charge in [-0.15, -0.1) is 11.3 Å². The Kier molecular flexibility index (Phi) is 5.51. The molecule has 8 heteroatoms. The molecule has 1 aliphatic heterocycles. The van der Waals surface area contributed by atoms with Crippen molar-refractivity contribution in [1.29, 1.82) is 0 Å². The Morgan fingerprint density at radius 1 is 1.38 bits per heavy atom. The van der Waals surface area contributed by atoms with Crippen LogP contribution in [0.4, 0.5) is 5.82 Å². The smallest absolute Gasteiger partial charge is 0.255 e. The second-order valence-corrected chi connectivity index (χ2v) is 7.42. The molecule has 2 amide bonds. The Morgan fingerprint density at radius 2 is 2.19 bits per heavy atom. The first-order chi connectivity index (χ1) is 12.5.